The van der Waals surface area contributed by atoms with Crippen molar-refractivity contribution in [1.29, 1.82) is 5.26 Å². The summed E-state index contributed by atoms with van der Waals surface area (Å²) in [6.45, 7) is 5.90. The number of halogens is 2. The summed E-state index contributed by atoms with van der Waals surface area (Å²) in [4.78, 5) is 0.293. The summed E-state index contributed by atoms with van der Waals surface area (Å²) in [5.74, 6) is -0.901. The van der Waals surface area contributed by atoms with E-state index in [1.54, 1.807) is 24.3 Å². The number of nitriles is 1. The predicted molar refractivity (Wildman–Crippen MR) is 107 cm³/mol. The van der Waals surface area contributed by atoms with Crippen LogP contribution in [0.25, 0.3) is 11.1 Å². The minimum atomic E-state index is -0.465. The van der Waals surface area contributed by atoms with E-state index in [1.807, 2.05) is 17.4 Å². The molecule has 1 N–H and O–H groups in total. The molecule has 0 bridgehead atoms. The lowest BCUT2D eigenvalue weighted by Crippen LogP contribution is -2.27. The third-order valence-corrected chi connectivity index (χ3v) is 5.23. The van der Waals surface area contributed by atoms with Gasteiger partial charge in [-0.3, -0.25) is 0 Å². The lowest BCUT2D eigenvalue weighted by atomic mass is 10.0. The Hall–Kier alpha value is -1.94. The van der Waals surface area contributed by atoms with Crippen LogP contribution in [0.4, 0.5) is 8.78 Å². The zero-order chi connectivity index (χ0) is 19.8. The fourth-order valence-corrected chi connectivity index (χ4v) is 3.76. The zero-order valence-electron chi connectivity index (χ0n) is 15.9. The Bertz CT molecular complexity index is 787. The van der Waals surface area contributed by atoms with Crippen LogP contribution in [0.3, 0.4) is 0 Å². The van der Waals surface area contributed by atoms with E-state index in [0.29, 0.717) is 22.1 Å². The van der Waals surface area contributed by atoms with Gasteiger partial charge in [0, 0.05) is 24.7 Å². The average Bonchev–Trinajstić information content (AvgIpc) is 3.13. The van der Waals surface area contributed by atoms with E-state index in [2.05, 4.69) is 19.2 Å². The van der Waals surface area contributed by atoms with Crippen LogP contribution in [0.2, 0.25) is 0 Å². The molecule has 0 amide bonds. The van der Waals surface area contributed by atoms with Crippen molar-refractivity contribution in [3.8, 4) is 17.2 Å². The van der Waals surface area contributed by atoms with Crippen LogP contribution >= 0.6 is 11.9 Å². The minimum Gasteiger partial charge on any atom is -0.316 e. The Morgan fingerprint density at radius 2 is 1.85 bits per heavy atom. The highest BCUT2D eigenvalue weighted by molar-refractivity contribution is 7.97. The third kappa shape index (κ3) is 5.77. The summed E-state index contributed by atoms with van der Waals surface area (Å²) < 4.78 is 30.9. The molecule has 1 aliphatic rings. The second-order valence-electron chi connectivity index (χ2n) is 6.41. The highest BCUT2D eigenvalue weighted by Gasteiger charge is 2.23. The van der Waals surface area contributed by atoms with Crippen molar-refractivity contribution in [1.82, 2.24) is 9.62 Å². The first-order valence-corrected chi connectivity index (χ1v) is 9.89. The molecule has 6 heteroatoms. The average molecular weight is 390 g/mol. The number of nitrogens with zero attached hydrogens (tertiary/aromatic N) is 2. The molecule has 1 atom stereocenters. The van der Waals surface area contributed by atoms with Crippen LogP contribution in [0, 0.1) is 23.0 Å². The molecule has 2 aromatic carbocycles. The maximum absolute atomic E-state index is 14.4. The lowest BCUT2D eigenvalue weighted by Gasteiger charge is -2.16. The lowest BCUT2D eigenvalue weighted by molar-refractivity contribution is 0.535. The Morgan fingerprint density at radius 3 is 2.41 bits per heavy atom. The molecule has 0 aromatic heterocycles. The van der Waals surface area contributed by atoms with Crippen LogP contribution in [-0.2, 0) is 0 Å². The first kappa shape index (κ1) is 21.4. The molecule has 1 fully saturated rings. The van der Waals surface area contributed by atoms with Gasteiger partial charge >= 0.3 is 0 Å². The van der Waals surface area contributed by atoms with Gasteiger partial charge in [0.25, 0.3) is 0 Å². The van der Waals surface area contributed by atoms with Crippen molar-refractivity contribution in [2.24, 2.45) is 0 Å². The van der Waals surface area contributed by atoms with Gasteiger partial charge < -0.3 is 5.32 Å². The topological polar surface area (TPSA) is 39.1 Å². The van der Waals surface area contributed by atoms with Crippen molar-refractivity contribution in [2.45, 2.75) is 37.6 Å². The largest absolute Gasteiger partial charge is 0.316 e. The number of benzene rings is 2. The molecule has 1 unspecified atom stereocenters. The van der Waals surface area contributed by atoms with Gasteiger partial charge in [-0.05, 0) is 55.2 Å². The van der Waals surface area contributed by atoms with Crippen LogP contribution in [-0.4, -0.2) is 30.5 Å². The highest BCUT2D eigenvalue weighted by Crippen LogP contribution is 2.33. The van der Waals surface area contributed by atoms with Crippen LogP contribution < -0.4 is 5.32 Å². The number of hydrogen-bond donors (Lipinski definition) is 1. The smallest absolute Gasteiger partial charge is 0.138 e. The van der Waals surface area contributed by atoms with Gasteiger partial charge in [0.05, 0.1) is 16.5 Å². The van der Waals surface area contributed by atoms with Gasteiger partial charge in [-0.25, -0.2) is 13.1 Å². The van der Waals surface area contributed by atoms with Gasteiger partial charge in [-0.1, -0.05) is 32.4 Å². The zero-order valence-corrected chi connectivity index (χ0v) is 16.7. The Labute approximate surface area is 164 Å². The molecule has 27 heavy (non-hydrogen) atoms. The highest BCUT2D eigenvalue weighted by atomic mass is 32.2. The first-order valence-electron chi connectivity index (χ1n) is 9.12. The van der Waals surface area contributed by atoms with E-state index in [4.69, 9.17) is 5.26 Å². The number of likely N-dealkylation sites (N-methyl/N-ethyl adjacent to an activating group) is 1. The van der Waals surface area contributed by atoms with E-state index in [1.165, 1.54) is 30.5 Å². The summed E-state index contributed by atoms with van der Waals surface area (Å²) in [6.07, 6.45) is 2.25. The summed E-state index contributed by atoms with van der Waals surface area (Å²) in [7, 11) is 1.91. The fraction of sp³-hybridized carbons (Fsp3) is 0.381. The van der Waals surface area contributed by atoms with Crippen molar-refractivity contribution < 1.29 is 8.78 Å². The van der Waals surface area contributed by atoms with Crippen molar-refractivity contribution in [3.63, 3.8) is 0 Å². The SMILES string of the molecule is CCC.CNC1CCN(Sc2cc(F)c(-c3ccc(C#N)cc3)cc2F)C1. The summed E-state index contributed by atoms with van der Waals surface area (Å²) in [6, 6.07) is 11.3. The Morgan fingerprint density at radius 1 is 1.19 bits per heavy atom. The summed E-state index contributed by atoms with van der Waals surface area (Å²) in [5.41, 5.74) is 1.24. The van der Waals surface area contributed by atoms with E-state index >= 15 is 0 Å². The predicted octanol–water partition coefficient (Wildman–Crippen LogP) is 5.22. The maximum Gasteiger partial charge on any atom is 0.138 e. The second kappa shape index (κ2) is 10.4. The van der Waals surface area contributed by atoms with Gasteiger partial charge in [0.2, 0.25) is 0 Å². The van der Waals surface area contributed by atoms with Gasteiger partial charge in [-0.2, -0.15) is 5.26 Å². The van der Waals surface area contributed by atoms with Crippen molar-refractivity contribution in [3.05, 3.63) is 53.6 Å². The first-order chi connectivity index (χ1) is 13.0. The molecule has 0 aliphatic carbocycles. The summed E-state index contributed by atoms with van der Waals surface area (Å²) >= 11 is 1.26. The van der Waals surface area contributed by atoms with Crippen molar-refractivity contribution >= 4 is 11.9 Å². The van der Waals surface area contributed by atoms with Crippen LogP contribution in [0.5, 0.6) is 0 Å². The van der Waals surface area contributed by atoms with E-state index in [0.717, 1.165) is 19.5 Å². The molecular formula is C21H25F2N3S. The summed E-state index contributed by atoms with van der Waals surface area (Å²) in [5, 5.41) is 12.0. The molecule has 3 nitrogen and oxygen atoms in total. The molecular weight excluding hydrogens is 364 g/mol. The molecule has 144 valence electrons. The molecule has 0 radical (unpaired) electrons. The molecule has 0 spiro atoms. The normalized spacial score (nSPS) is 16.5. The molecule has 1 aliphatic heterocycles. The van der Waals surface area contributed by atoms with Crippen LogP contribution in [0.1, 0.15) is 32.3 Å². The molecule has 2 aromatic rings. The molecule has 1 heterocycles. The minimum absolute atomic E-state index is 0.205. The van der Waals surface area contributed by atoms with Gasteiger partial charge in [-0.15, -0.1) is 0 Å². The Balaban J connectivity index is 0.000000817. The fourth-order valence-electron chi connectivity index (χ4n) is 2.73. The van der Waals surface area contributed by atoms with Crippen LogP contribution in [0.15, 0.2) is 41.3 Å². The number of rotatable bonds is 4. The standard InChI is InChI=1S/C18H17F2N3S.C3H8/c1-22-14-6-7-23(11-14)24-18-9-16(19)15(8-17(18)20)13-4-2-12(10-21)3-5-13;1-3-2/h2-5,8-9,14,22H,6-7,11H2,1H3;3H2,1-2H3. The number of hydrogen-bond acceptors (Lipinski definition) is 4. The third-order valence-electron chi connectivity index (χ3n) is 4.13. The maximum atomic E-state index is 14.4. The number of nitrogens with one attached hydrogen (secondary N) is 1. The Kier molecular flexibility index (Phi) is 8.23. The molecule has 3 rings (SSSR count). The van der Waals surface area contributed by atoms with Crippen molar-refractivity contribution in [2.75, 3.05) is 20.1 Å². The van der Waals surface area contributed by atoms with E-state index in [9.17, 15) is 8.78 Å². The monoisotopic (exact) mass is 389 g/mol. The second-order valence-corrected chi connectivity index (χ2v) is 7.55. The molecule has 1 saturated heterocycles. The quantitative estimate of drug-likeness (QED) is 0.728. The van der Waals surface area contributed by atoms with E-state index < -0.39 is 11.6 Å². The molecule has 0 saturated carbocycles. The van der Waals surface area contributed by atoms with E-state index in [-0.39, 0.29) is 5.56 Å². The van der Waals surface area contributed by atoms with Gasteiger partial charge in [0.15, 0.2) is 0 Å². The van der Waals surface area contributed by atoms with Gasteiger partial charge in [0.1, 0.15) is 11.6 Å².